The van der Waals surface area contributed by atoms with E-state index in [1.165, 1.54) is 9.99 Å². The maximum absolute atomic E-state index is 2.52. The largest absolute Gasteiger partial charge is 0.0672 e. The first kappa shape index (κ1) is 13.8. The van der Waals surface area contributed by atoms with Crippen molar-refractivity contribution in [2.24, 2.45) is 11.8 Å². The van der Waals surface area contributed by atoms with Crippen molar-refractivity contribution in [3.8, 4) is 0 Å². The fourth-order valence-corrected chi connectivity index (χ4v) is 7.60. The molecule has 2 heteroatoms. The Hall–Kier alpha value is 0.380. The van der Waals surface area contributed by atoms with Gasteiger partial charge in [-0.2, -0.15) is 0 Å². The van der Waals surface area contributed by atoms with Crippen molar-refractivity contribution in [2.45, 2.75) is 45.4 Å². The maximum atomic E-state index is 2.52. The number of hydrogen-bond acceptors (Lipinski definition) is 0. The monoisotopic (exact) mass is 360 g/mol. The molecular formula is C15H22IP. The van der Waals surface area contributed by atoms with Crippen molar-refractivity contribution in [3.63, 3.8) is 0 Å². The number of hydrogen-bond donors (Lipinski definition) is 0. The molecule has 0 saturated carbocycles. The highest BCUT2D eigenvalue weighted by molar-refractivity contribution is 14.1. The maximum Gasteiger partial charge on any atom is 0.0207 e. The molecule has 1 aliphatic rings. The average Bonchev–Trinajstić information content (AvgIpc) is 2.18. The van der Waals surface area contributed by atoms with Gasteiger partial charge in [-0.05, 0) is 63.5 Å². The SMILES string of the molecule is CC(C)[C@@H]1C[C@@H](C(C)C)P1c1ccccc1I. The van der Waals surface area contributed by atoms with Gasteiger partial charge in [0.15, 0.2) is 0 Å². The van der Waals surface area contributed by atoms with E-state index >= 15 is 0 Å². The molecule has 1 aliphatic heterocycles. The van der Waals surface area contributed by atoms with Crippen molar-refractivity contribution in [1.82, 2.24) is 0 Å². The second-order valence-corrected chi connectivity index (χ2v) is 9.50. The lowest BCUT2D eigenvalue weighted by molar-refractivity contribution is 0.448. The molecule has 1 heterocycles. The van der Waals surface area contributed by atoms with Gasteiger partial charge in [-0.15, -0.1) is 0 Å². The third-order valence-corrected chi connectivity index (χ3v) is 9.22. The minimum atomic E-state index is 0.0730. The smallest absolute Gasteiger partial charge is 0.0207 e. The van der Waals surface area contributed by atoms with Crippen molar-refractivity contribution in [2.75, 3.05) is 0 Å². The summed E-state index contributed by atoms with van der Waals surface area (Å²) >= 11 is 2.52. The first-order valence-electron chi connectivity index (χ1n) is 6.55. The van der Waals surface area contributed by atoms with Crippen LogP contribution in [-0.4, -0.2) is 11.3 Å². The Morgan fingerprint density at radius 2 is 1.59 bits per heavy atom. The van der Waals surface area contributed by atoms with Gasteiger partial charge in [0.1, 0.15) is 0 Å². The molecule has 0 nitrogen and oxygen atoms in total. The van der Waals surface area contributed by atoms with Crippen LogP contribution >= 0.6 is 30.5 Å². The highest BCUT2D eigenvalue weighted by Gasteiger charge is 2.44. The summed E-state index contributed by atoms with van der Waals surface area (Å²) in [5, 5.41) is 1.66. The molecule has 17 heavy (non-hydrogen) atoms. The van der Waals surface area contributed by atoms with Gasteiger partial charge < -0.3 is 0 Å². The molecule has 0 amide bonds. The lowest BCUT2D eigenvalue weighted by atomic mass is 9.98. The molecule has 2 rings (SSSR count). The highest BCUT2D eigenvalue weighted by atomic mass is 127. The molecule has 1 saturated heterocycles. The van der Waals surface area contributed by atoms with E-state index in [0.29, 0.717) is 0 Å². The van der Waals surface area contributed by atoms with Crippen LogP contribution in [0.2, 0.25) is 0 Å². The third-order valence-electron chi connectivity index (χ3n) is 3.87. The zero-order valence-electron chi connectivity index (χ0n) is 11.2. The average molecular weight is 360 g/mol. The third kappa shape index (κ3) is 2.71. The predicted molar refractivity (Wildman–Crippen MR) is 87.6 cm³/mol. The van der Waals surface area contributed by atoms with Gasteiger partial charge in [-0.25, -0.2) is 0 Å². The van der Waals surface area contributed by atoms with Gasteiger partial charge in [-0.3, -0.25) is 0 Å². The van der Waals surface area contributed by atoms with E-state index in [2.05, 4.69) is 74.6 Å². The molecule has 1 aromatic carbocycles. The first-order chi connectivity index (χ1) is 8.02. The van der Waals surface area contributed by atoms with Gasteiger partial charge in [0.25, 0.3) is 0 Å². The van der Waals surface area contributed by atoms with Crippen LogP contribution in [-0.2, 0) is 0 Å². The van der Waals surface area contributed by atoms with Crippen LogP contribution < -0.4 is 5.30 Å². The van der Waals surface area contributed by atoms with Crippen LogP contribution in [0.4, 0.5) is 0 Å². The lowest BCUT2D eigenvalue weighted by Crippen LogP contribution is -2.41. The van der Waals surface area contributed by atoms with E-state index in [4.69, 9.17) is 0 Å². The van der Waals surface area contributed by atoms with E-state index < -0.39 is 0 Å². The van der Waals surface area contributed by atoms with E-state index in [9.17, 15) is 0 Å². The summed E-state index contributed by atoms with van der Waals surface area (Å²) in [6, 6.07) is 9.02. The summed E-state index contributed by atoms with van der Waals surface area (Å²) in [5.41, 5.74) is 1.90. The van der Waals surface area contributed by atoms with Crippen molar-refractivity contribution in [1.29, 1.82) is 0 Å². The normalized spacial score (nSPS) is 25.4. The first-order valence-corrected chi connectivity index (χ1v) is 9.11. The lowest BCUT2D eigenvalue weighted by Gasteiger charge is -2.50. The van der Waals surface area contributed by atoms with Crippen molar-refractivity contribution >= 4 is 35.8 Å². The second-order valence-electron chi connectivity index (χ2n) is 5.72. The Kier molecular flexibility index (Phi) is 4.52. The van der Waals surface area contributed by atoms with E-state index in [-0.39, 0.29) is 7.92 Å². The van der Waals surface area contributed by atoms with Crippen molar-refractivity contribution < 1.29 is 0 Å². The summed E-state index contributed by atoms with van der Waals surface area (Å²) in [7, 11) is 0.0730. The molecule has 0 spiro atoms. The Labute approximate surface area is 120 Å². The van der Waals surface area contributed by atoms with Crippen LogP contribution in [0, 0.1) is 15.4 Å². The van der Waals surface area contributed by atoms with E-state index in [0.717, 1.165) is 23.2 Å². The number of rotatable bonds is 3. The molecule has 1 fully saturated rings. The second kappa shape index (κ2) is 5.57. The van der Waals surface area contributed by atoms with Gasteiger partial charge in [-0.1, -0.05) is 53.8 Å². The molecule has 1 aromatic rings. The van der Waals surface area contributed by atoms with Crippen LogP contribution in [0.1, 0.15) is 34.1 Å². The standard InChI is InChI=1S/C15H22IP/c1-10(2)14-9-15(11(3)4)17(14)13-8-6-5-7-12(13)16/h5-8,10-11,14-15H,9H2,1-4H3/t14-,15-/m0/s1. The minimum absolute atomic E-state index is 0.0730. The molecule has 2 atom stereocenters. The van der Waals surface area contributed by atoms with Gasteiger partial charge in [0.2, 0.25) is 0 Å². The highest BCUT2D eigenvalue weighted by Crippen LogP contribution is 2.63. The molecule has 94 valence electrons. The Morgan fingerprint density at radius 1 is 1.06 bits per heavy atom. The summed E-state index contributed by atoms with van der Waals surface area (Å²) in [6.07, 6.45) is 1.45. The molecule has 0 aliphatic carbocycles. The summed E-state index contributed by atoms with van der Waals surface area (Å²) in [5.74, 6) is 1.68. The van der Waals surface area contributed by atoms with Gasteiger partial charge >= 0.3 is 0 Å². The van der Waals surface area contributed by atoms with Gasteiger partial charge in [0.05, 0.1) is 0 Å². The van der Waals surface area contributed by atoms with Crippen molar-refractivity contribution in [3.05, 3.63) is 27.8 Å². The molecular weight excluding hydrogens is 338 g/mol. The van der Waals surface area contributed by atoms with Crippen LogP contribution in [0.5, 0.6) is 0 Å². The summed E-state index contributed by atoms with van der Waals surface area (Å²) in [6.45, 7) is 9.58. The number of benzene rings is 1. The van der Waals surface area contributed by atoms with Crippen LogP contribution in [0.15, 0.2) is 24.3 Å². The Bertz CT molecular complexity index is 372. The van der Waals surface area contributed by atoms with Crippen LogP contribution in [0.25, 0.3) is 0 Å². The molecule has 0 radical (unpaired) electrons. The Morgan fingerprint density at radius 3 is 2.06 bits per heavy atom. The fourth-order valence-electron chi connectivity index (χ4n) is 2.79. The van der Waals surface area contributed by atoms with E-state index in [1.807, 2.05) is 0 Å². The Balaban J connectivity index is 2.29. The van der Waals surface area contributed by atoms with Gasteiger partial charge in [0, 0.05) is 3.57 Å². The van der Waals surface area contributed by atoms with E-state index in [1.54, 1.807) is 5.30 Å². The number of halogens is 1. The molecule has 0 aromatic heterocycles. The quantitative estimate of drug-likeness (QED) is 0.534. The molecule has 0 unspecified atom stereocenters. The molecule has 0 N–H and O–H groups in total. The topological polar surface area (TPSA) is 0 Å². The zero-order chi connectivity index (χ0) is 12.6. The molecule has 0 bridgehead atoms. The predicted octanol–water partition coefficient (Wildman–Crippen LogP) is 4.85. The summed E-state index contributed by atoms with van der Waals surface area (Å²) < 4.78 is 1.48. The zero-order valence-corrected chi connectivity index (χ0v) is 14.2. The summed E-state index contributed by atoms with van der Waals surface area (Å²) in [4.78, 5) is 0. The van der Waals surface area contributed by atoms with Crippen LogP contribution in [0.3, 0.4) is 0 Å². The minimum Gasteiger partial charge on any atom is -0.0672 e. The fraction of sp³-hybridized carbons (Fsp3) is 0.600.